The maximum Gasteiger partial charge on any atom is 0.431 e. The summed E-state index contributed by atoms with van der Waals surface area (Å²) >= 11 is 0. The highest BCUT2D eigenvalue weighted by molar-refractivity contribution is 6.48. The molecule has 2 aliphatic rings. The normalized spacial score (nSPS) is 27.0. The van der Waals surface area contributed by atoms with Gasteiger partial charge in [0.25, 0.3) is 0 Å². The van der Waals surface area contributed by atoms with Crippen molar-refractivity contribution >= 4 is 11.5 Å². The molecule has 0 unspecified atom stereocenters. The Balaban J connectivity index is 2.56. The number of ether oxygens (including phenoxy) is 2. The van der Waals surface area contributed by atoms with Crippen molar-refractivity contribution in [3.05, 3.63) is 11.3 Å². The monoisotopic (exact) mass is 250 g/mol. The van der Waals surface area contributed by atoms with Crippen molar-refractivity contribution < 1.29 is 27.4 Å². The second-order valence-electron chi connectivity index (χ2n) is 3.71. The molecule has 2 rings (SSSR count). The number of nitrogens with one attached hydrogen (secondary N) is 1. The van der Waals surface area contributed by atoms with Crippen LogP contribution in [0.4, 0.5) is 13.2 Å². The molecule has 2 fully saturated rings. The number of carbonyl (C=O) groups is 1. The molecule has 1 saturated carbocycles. The van der Waals surface area contributed by atoms with Crippen molar-refractivity contribution in [1.29, 1.82) is 5.41 Å². The van der Waals surface area contributed by atoms with Gasteiger partial charge in [0.15, 0.2) is 5.78 Å². The number of rotatable bonds is 0. The molecule has 17 heavy (non-hydrogen) atoms. The van der Waals surface area contributed by atoms with Gasteiger partial charge in [-0.15, -0.1) is 0 Å². The van der Waals surface area contributed by atoms with Crippen molar-refractivity contribution in [2.45, 2.75) is 18.4 Å². The first-order valence-electron chi connectivity index (χ1n) is 4.75. The maximum atomic E-state index is 12.5. The van der Waals surface area contributed by atoms with Gasteiger partial charge in [0.05, 0.1) is 25.2 Å². The molecule has 0 aromatic rings. The highest BCUT2D eigenvalue weighted by Crippen LogP contribution is 2.42. The van der Waals surface area contributed by atoms with Crippen LogP contribution in [0.25, 0.3) is 0 Å². The fourth-order valence-corrected chi connectivity index (χ4v) is 1.90. The van der Waals surface area contributed by atoms with Crippen LogP contribution < -0.4 is 5.73 Å². The first-order valence-corrected chi connectivity index (χ1v) is 4.75. The lowest BCUT2D eigenvalue weighted by molar-refractivity contribution is -0.140. The summed E-state index contributed by atoms with van der Waals surface area (Å²) in [7, 11) is 0. The van der Waals surface area contributed by atoms with E-state index in [1.165, 1.54) is 0 Å². The Bertz CT molecular complexity index is 422. The number of halogens is 3. The van der Waals surface area contributed by atoms with Gasteiger partial charge in [0.2, 0.25) is 5.79 Å². The summed E-state index contributed by atoms with van der Waals surface area (Å²) < 4.78 is 47.7. The summed E-state index contributed by atoms with van der Waals surface area (Å²) in [6, 6.07) is 0. The first kappa shape index (κ1) is 12.1. The van der Waals surface area contributed by atoms with Crippen LogP contribution in [-0.4, -0.2) is 36.7 Å². The number of Topliss-reactive ketones (excluding diaryl/α,β-unsaturated/α-hetero) is 1. The SMILES string of the molecule is N=C1C(=O)CC2(OCCO2)C1=C(N)C(F)(F)F. The number of carbonyl (C=O) groups excluding carboxylic acids is 1. The summed E-state index contributed by atoms with van der Waals surface area (Å²) in [5.41, 5.74) is 1.97. The number of alkyl halides is 3. The van der Waals surface area contributed by atoms with Crippen LogP contribution in [0.5, 0.6) is 0 Å². The minimum Gasteiger partial charge on any atom is -0.394 e. The molecule has 0 bridgehead atoms. The number of ketones is 1. The van der Waals surface area contributed by atoms with E-state index in [4.69, 9.17) is 20.6 Å². The average molecular weight is 250 g/mol. The van der Waals surface area contributed by atoms with Gasteiger partial charge in [-0.3, -0.25) is 10.2 Å². The Labute approximate surface area is 93.9 Å². The van der Waals surface area contributed by atoms with Gasteiger partial charge in [-0.05, 0) is 0 Å². The molecule has 5 nitrogen and oxygen atoms in total. The molecule has 94 valence electrons. The predicted octanol–water partition coefficient (Wildman–Crippen LogP) is 0.497. The minimum absolute atomic E-state index is 0.0647. The molecule has 1 heterocycles. The second-order valence-corrected chi connectivity index (χ2v) is 3.71. The molecule has 0 radical (unpaired) electrons. The van der Waals surface area contributed by atoms with Crippen LogP contribution in [0.3, 0.4) is 0 Å². The molecular weight excluding hydrogens is 241 g/mol. The van der Waals surface area contributed by atoms with Gasteiger partial charge in [0.1, 0.15) is 11.4 Å². The van der Waals surface area contributed by atoms with Crippen LogP contribution in [0.15, 0.2) is 11.3 Å². The third kappa shape index (κ3) is 1.73. The first-order chi connectivity index (χ1) is 7.78. The van der Waals surface area contributed by atoms with E-state index in [-0.39, 0.29) is 13.2 Å². The Hall–Kier alpha value is -1.41. The summed E-state index contributed by atoms with van der Waals surface area (Å²) in [6.45, 7) is 0.129. The third-order valence-corrected chi connectivity index (χ3v) is 2.63. The Morgan fingerprint density at radius 2 is 1.88 bits per heavy atom. The highest BCUT2D eigenvalue weighted by Gasteiger charge is 2.55. The topological polar surface area (TPSA) is 85.4 Å². The number of hydrogen-bond acceptors (Lipinski definition) is 5. The number of hydrogen-bond donors (Lipinski definition) is 2. The lowest BCUT2D eigenvalue weighted by Crippen LogP contribution is -2.35. The zero-order chi connectivity index (χ0) is 12.8. The largest absolute Gasteiger partial charge is 0.431 e. The molecule has 1 aliphatic carbocycles. The highest BCUT2D eigenvalue weighted by atomic mass is 19.4. The van der Waals surface area contributed by atoms with Crippen LogP contribution in [0.1, 0.15) is 6.42 Å². The smallest absolute Gasteiger partial charge is 0.394 e. The molecule has 1 aliphatic heterocycles. The van der Waals surface area contributed by atoms with Gasteiger partial charge in [-0.1, -0.05) is 0 Å². The van der Waals surface area contributed by atoms with E-state index in [2.05, 4.69) is 0 Å². The molecular formula is C9H9F3N2O3. The van der Waals surface area contributed by atoms with E-state index in [0.717, 1.165) is 0 Å². The van der Waals surface area contributed by atoms with E-state index >= 15 is 0 Å². The fraction of sp³-hybridized carbons (Fsp3) is 0.556. The predicted molar refractivity (Wildman–Crippen MR) is 49.3 cm³/mol. The van der Waals surface area contributed by atoms with E-state index in [1.54, 1.807) is 0 Å². The number of allylic oxidation sites excluding steroid dienone is 1. The fourth-order valence-electron chi connectivity index (χ4n) is 1.90. The molecule has 0 atom stereocenters. The molecule has 8 heteroatoms. The van der Waals surface area contributed by atoms with E-state index < -0.39 is 41.1 Å². The summed E-state index contributed by atoms with van der Waals surface area (Å²) in [5, 5.41) is 7.36. The summed E-state index contributed by atoms with van der Waals surface area (Å²) in [4.78, 5) is 11.3. The zero-order valence-electron chi connectivity index (χ0n) is 8.56. The van der Waals surface area contributed by atoms with E-state index in [1.807, 2.05) is 0 Å². The maximum absolute atomic E-state index is 12.5. The van der Waals surface area contributed by atoms with Crippen LogP contribution in [0.2, 0.25) is 0 Å². The lowest BCUT2D eigenvalue weighted by Gasteiger charge is -2.24. The number of nitrogens with two attached hydrogens (primary N) is 1. The summed E-state index contributed by atoms with van der Waals surface area (Å²) in [5.74, 6) is -2.58. The third-order valence-electron chi connectivity index (χ3n) is 2.63. The van der Waals surface area contributed by atoms with Crippen molar-refractivity contribution in [2.75, 3.05) is 13.2 Å². The van der Waals surface area contributed by atoms with E-state index in [0.29, 0.717) is 0 Å². The van der Waals surface area contributed by atoms with Gasteiger partial charge in [-0.25, -0.2) is 0 Å². The summed E-state index contributed by atoms with van der Waals surface area (Å²) in [6.07, 6.45) is -5.26. The Morgan fingerprint density at radius 3 is 2.35 bits per heavy atom. The van der Waals surface area contributed by atoms with Crippen molar-refractivity contribution in [1.82, 2.24) is 0 Å². The van der Waals surface area contributed by atoms with Crippen LogP contribution in [0, 0.1) is 5.41 Å². The minimum atomic E-state index is -4.82. The van der Waals surface area contributed by atoms with Crippen molar-refractivity contribution in [3.8, 4) is 0 Å². The van der Waals surface area contributed by atoms with Gasteiger partial charge >= 0.3 is 6.18 Å². The van der Waals surface area contributed by atoms with Crippen LogP contribution in [-0.2, 0) is 14.3 Å². The Kier molecular flexibility index (Phi) is 2.51. The second kappa shape index (κ2) is 3.54. The average Bonchev–Trinajstić information content (AvgIpc) is 2.73. The molecule has 0 amide bonds. The quantitative estimate of drug-likeness (QED) is 0.655. The molecule has 3 N–H and O–H groups in total. The molecule has 1 spiro atoms. The van der Waals surface area contributed by atoms with Gasteiger partial charge in [-0.2, -0.15) is 13.2 Å². The van der Waals surface area contributed by atoms with Gasteiger partial charge in [0, 0.05) is 0 Å². The van der Waals surface area contributed by atoms with Gasteiger partial charge < -0.3 is 15.2 Å². The van der Waals surface area contributed by atoms with Crippen molar-refractivity contribution in [3.63, 3.8) is 0 Å². The van der Waals surface area contributed by atoms with Crippen molar-refractivity contribution in [2.24, 2.45) is 5.73 Å². The molecule has 0 aromatic heterocycles. The molecule has 1 saturated heterocycles. The van der Waals surface area contributed by atoms with Crippen LogP contribution >= 0.6 is 0 Å². The molecule has 0 aromatic carbocycles. The lowest BCUT2D eigenvalue weighted by atomic mass is 10.1. The van der Waals surface area contributed by atoms with E-state index in [9.17, 15) is 18.0 Å². The Morgan fingerprint density at radius 1 is 1.35 bits per heavy atom. The standard InChI is InChI=1S/C9H9F3N2O3/c10-9(11,12)7(14)5-6(13)4(15)3-8(5)16-1-2-17-8/h13H,1-3,14H2. The zero-order valence-corrected chi connectivity index (χ0v) is 8.56.